The summed E-state index contributed by atoms with van der Waals surface area (Å²) in [7, 11) is 0. The summed E-state index contributed by atoms with van der Waals surface area (Å²) >= 11 is 0. The number of anilines is 1. The number of H-pyrrole nitrogens is 1. The zero-order chi connectivity index (χ0) is 12.8. The third-order valence-electron chi connectivity index (χ3n) is 3.37. The lowest BCUT2D eigenvalue weighted by atomic mass is 10.2. The predicted molar refractivity (Wildman–Crippen MR) is 73.0 cm³/mol. The van der Waals surface area contributed by atoms with Crippen LogP contribution in [0.3, 0.4) is 0 Å². The van der Waals surface area contributed by atoms with Crippen LogP contribution in [-0.4, -0.2) is 35.6 Å². The van der Waals surface area contributed by atoms with Gasteiger partial charge >= 0.3 is 0 Å². The number of unbranched alkanes of at least 4 members (excludes halogenated alkanes) is 1. The molecule has 5 heteroatoms. The highest BCUT2D eigenvalue weighted by molar-refractivity contribution is 5.36. The molecule has 0 saturated carbocycles. The molecule has 1 aliphatic rings. The van der Waals surface area contributed by atoms with Gasteiger partial charge in [-0.15, -0.1) is 0 Å². The highest BCUT2D eigenvalue weighted by Gasteiger charge is 2.18. The zero-order valence-electron chi connectivity index (χ0n) is 11.0. The van der Waals surface area contributed by atoms with Crippen LogP contribution in [0, 0.1) is 0 Å². The second-order valence-electron chi connectivity index (χ2n) is 4.86. The van der Waals surface area contributed by atoms with Crippen LogP contribution in [0.15, 0.2) is 17.2 Å². The summed E-state index contributed by atoms with van der Waals surface area (Å²) in [5, 5.41) is 3.49. The van der Waals surface area contributed by atoms with Crippen LogP contribution < -0.4 is 15.8 Å². The molecule has 0 radical (unpaired) electrons. The molecule has 2 N–H and O–H groups in total. The van der Waals surface area contributed by atoms with Crippen LogP contribution >= 0.6 is 0 Å². The lowest BCUT2D eigenvalue weighted by Gasteiger charge is -2.26. The SMILES string of the molecule is CCCCN(CC1CCCN1)c1cc(=O)[nH]cn1. The van der Waals surface area contributed by atoms with E-state index in [0.717, 1.165) is 38.3 Å². The van der Waals surface area contributed by atoms with E-state index in [-0.39, 0.29) is 5.56 Å². The first-order valence-corrected chi connectivity index (χ1v) is 6.82. The first-order valence-electron chi connectivity index (χ1n) is 6.82. The largest absolute Gasteiger partial charge is 0.355 e. The molecule has 2 rings (SSSR count). The van der Waals surface area contributed by atoms with Gasteiger partial charge < -0.3 is 15.2 Å². The summed E-state index contributed by atoms with van der Waals surface area (Å²) < 4.78 is 0. The van der Waals surface area contributed by atoms with Gasteiger partial charge in [-0.25, -0.2) is 4.98 Å². The maximum Gasteiger partial charge on any atom is 0.252 e. The van der Waals surface area contributed by atoms with Crippen molar-refractivity contribution in [3.8, 4) is 0 Å². The molecular weight excluding hydrogens is 228 g/mol. The number of rotatable bonds is 6. The molecule has 5 nitrogen and oxygen atoms in total. The van der Waals surface area contributed by atoms with Crippen molar-refractivity contribution in [1.29, 1.82) is 0 Å². The highest BCUT2D eigenvalue weighted by atomic mass is 16.1. The van der Waals surface area contributed by atoms with Crippen molar-refractivity contribution in [3.05, 3.63) is 22.7 Å². The molecule has 18 heavy (non-hydrogen) atoms. The van der Waals surface area contributed by atoms with Crippen molar-refractivity contribution in [2.45, 2.75) is 38.6 Å². The molecule has 1 saturated heterocycles. The number of aromatic nitrogens is 2. The van der Waals surface area contributed by atoms with E-state index >= 15 is 0 Å². The number of nitrogens with zero attached hydrogens (tertiary/aromatic N) is 2. The molecule has 1 atom stereocenters. The van der Waals surface area contributed by atoms with Gasteiger partial charge in [-0.2, -0.15) is 0 Å². The van der Waals surface area contributed by atoms with Gasteiger partial charge in [0, 0.05) is 25.2 Å². The fourth-order valence-corrected chi connectivity index (χ4v) is 2.36. The number of nitrogens with one attached hydrogen (secondary N) is 2. The van der Waals surface area contributed by atoms with Gasteiger partial charge in [0.05, 0.1) is 6.33 Å². The Labute approximate surface area is 108 Å². The van der Waals surface area contributed by atoms with E-state index in [0.29, 0.717) is 6.04 Å². The third-order valence-corrected chi connectivity index (χ3v) is 3.37. The summed E-state index contributed by atoms with van der Waals surface area (Å²) in [6.45, 7) is 5.19. The van der Waals surface area contributed by atoms with Gasteiger partial charge in [-0.1, -0.05) is 13.3 Å². The summed E-state index contributed by atoms with van der Waals surface area (Å²) in [6.07, 6.45) is 6.22. The average Bonchev–Trinajstić information content (AvgIpc) is 2.87. The Morgan fingerprint density at radius 1 is 1.56 bits per heavy atom. The van der Waals surface area contributed by atoms with Gasteiger partial charge in [-0.3, -0.25) is 4.79 Å². The summed E-state index contributed by atoms with van der Waals surface area (Å²) in [5.74, 6) is 0.793. The minimum atomic E-state index is -0.0825. The molecule has 1 unspecified atom stereocenters. The normalized spacial score (nSPS) is 19.1. The summed E-state index contributed by atoms with van der Waals surface area (Å²) in [5.41, 5.74) is -0.0825. The van der Waals surface area contributed by atoms with E-state index in [1.54, 1.807) is 6.07 Å². The quantitative estimate of drug-likeness (QED) is 0.794. The van der Waals surface area contributed by atoms with Crippen molar-refractivity contribution < 1.29 is 0 Å². The van der Waals surface area contributed by atoms with Crippen LogP contribution in [0.4, 0.5) is 5.82 Å². The molecule has 0 aliphatic carbocycles. The minimum absolute atomic E-state index is 0.0825. The Balaban J connectivity index is 2.05. The Morgan fingerprint density at radius 3 is 3.11 bits per heavy atom. The number of hydrogen-bond acceptors (Lipinski definition) is 4. The molecule has 0 aromatic carbocycles. The van der Waals surface area contributed by atoms with Gasteiger partial charge in [0.15, 0.2) is 0 Å². The summed E-state index contributed by atoms with van der Waals surface area (Å²) in [6, 6.07) is 2.12. The van der Waals surface area contributed by atoms with Crippen molar-refractivity contribution in [2.24, 2.45) is 0 Å². The van der Waals surface area contributed by atoms with E-state index in [9.17, 15) is 4.79 Å². The molecule has 0 amide bonds. The van der Waals surface area contributed by atoms with Gasteiger partial charge in [-0.05, 0) is 25.8 Å². The molecule has 100 valence electrons. The molecule has 1 aliphatic heterocycles. The Kier molecular flexibility index (Phi) is 4.75. The van der Waals surface area contributed by atoms with E-state index < -0.39 is 0 Å². The standard InChI is InChI=1S/C13H22N4O/c1-2-3-7-17(9-11-5-4-6-14-11)12-8-13(18)16-10-15-12/h8,10-11,14H,2-7,9H2,1H3,(H,15,16,18). The van der Waals surface area contributed by atoms with Crippen LogP contribution in [0.2, 0.25) is 0 Å². The van der Waals surface area contributed by atoms with Crippen molar-refractivity contribution in [1.82, 2.24) is 15.3 Å². The van der Waals surface area contributed by atoms with Crippen LogP contribution in [0.1, 0.15) is 32.6 Å². The van der Waals surface area contributed by atoms with Crippen molar-refractivity contribution in [2.75, 3.05) is 24.5 Å². The maximum absolute atomic E-state index is 11.4. The molecule has 0 bridgehead atoms. The van der Waals surface area contributed by atoms with E-state index in [2.05, 4.69) is 27.1 Å². The van der Waals surface area contributed by atoms with Gasteiger partial charge in [0.2, 0.25) is 0 Å². The minimum Gasteiger partial charge on any atom is -0.355 e. The van der Waals surface area contributed by atoms with Crippen molar-refractivity contribution in [3.63, 3.8) is 0 Å². The lowest BCUT2D eigenvalue weighted by Crippen LogP contribution is -2.39. The van der Waals surface area contributed by atoms with Gasteiger partial charge in [0.1, 0.15) is 5.82 Å². The van der Waals surface area contributed by atoms with Crippen LogP contribution in [-0.2, 0) is 0 Å². The fourth-order valence-electron chi connectivity index (χ4n) is 2.36. The Bertz CT molecular complexity index is 411. The first kappa shape index (κ1) is 13.1. The lowest BCUT2D eigenvalue weighted by molar-refractivity contribution is 0.568. The molecule has 0 spiro atoms. The van der Waals surface area contributed by atoms with E-state index in [4.69, 9.17) is 0 Å². The van der Waals surface area contributed by atoms with Crippen LogP contribution in [0.25, 0.3) is 0 Å². The monoisotopic (exact) mass is 250 g/mol. The smallest absolute Gasteiger partial charge is 0.252 e. The molecule has 1 aromatic heterocycles. The Hall–Kier alpha value is -1.36. The second-order valence-corrected chi connectivity index (χ2v) is 4.86. The third kappa shape index (κ3) is 3.57. The van der Waals surface area contributed by atoms with E-state index in [1.807, 2.05) is 0 Å². The maximum atomic E-state index is 11.4. The highest BCUT2D eigenvalue weighted by Crippen LogP contribution is 2.13. The average molecular weight is 250 g/mol. The fraction of sp³-hybridized carbons (Fsp3) is 0.692. The first-order chi connectivity index (χ1) is 8.79. The van der Waals surface area contributed by atoms with Crippen molar-refractivity contribution >= 4 is 5.82 Å². The number of hydrogen-bond donors (Lipinski definition) is 2. The molecule has 1 aromatic rings. The zero-order valence-corrected chi connectivity index (χ0v) is 11.0. The van der Waals surface area contributed by atoms with E-state index in [1.165, 1.54) is 19.2 Å². The molecule has 1 fully saturated rings. The molecule has 2 heterocycles. The number of aromatic amines is 1. The second kappa shape index (κ2) is 6.54. The topological polar surface area (TPSA) is 61.0 Å². The predicted octanol–water partition coefficient (Wildman–Crippen LogP) is 1.13. The van der Waals surface area contributed by atoms with Gasteiger partial charge in [0.25, 0.3) is 5.56 Å². The van der Waals surface area contributed by atoms with Crippen LogP contribution in [0.5, 0.6) is 0 Å². The summed E-state index contributed by atoms with van der Waals surface area (Å²) in [4.78, 5) is 20.4. The molecular formula is C13H22N4O. The Morgan fingerprint density at radius 2 is 2.44 bits per heavy atom.